The molecule has 5 heteroatoms. The zero-order valence-electron chi connectivity index (χ0n) is 17.8. The lowest BCUT2D eigenvalue weighted by atomic mass is 10.0. The SMILES string of the molecule is CNC(=O)[C@@H](Cc1ccccc1)N(Cc1ccccc1C)C(=O)Cc1cccc(Cl)c1. The summed E-state index contributed by atoms with van der Waals surface area (Å²) < 4.78 is 0. The summed E-state index contributed by atoms with van der Waals surface area (Å²) >= 11 is 6.11. The molecule has 3 rings (SSSR count). The van der Waals surface area contributed by atoms with Crippen LogP contribution in [0.3, 0.4) is 0 Å². The average molecular weight is 435 g/mol. The predicted octanol–water partition coefficient (Wildman–Crippen LogP) is 4.58. The van der Waals surface area contributed by atoms with Gasteiger partial charge in [0.15, 0.2) is 0 Å². The number of likely N-dealkylation sites (N-methyl/N-ethyl adjacent to an activating group) is 1. The van der Waals surface area contributed by atoms with Crippen LogP contribution in [0.25, 0.3) is 0 Å². The fourth-order valence-electron chi connectivity index (χ4n) is 3.61. The first-order chi connectivity index (χ1) is 15.0. The summed E-state index contributed by atoms with van der Waals surface area (Å²) in [5.41, 5.74) is 3.92. The number of amides is 2. The molecule has 160 valence electrons. The van der Waals surface area contributed by atoms with Gasteiger partial charge in [0, 0.05) is 25.0 Å². The second-order valence-electron chi connectivity index (χ2n) is 7.57. The maximum Gasteiger partial charge on any atom is 0.242 e. The van der Waals surface area contributed by atoms with Crippen LogP contribution < -0.4 is 5.32 Å². The molecular weight excluding hydrogens is 408 g/mol. The molecule has 0 aliphatic rings. The number of carbonyl (C=O) groups is 2. The first kappa shape index (κ1) is 22.6. The van der Waals surface area contributed by atoms with Crippen LogP contribution in [0, 0.1) is 6.92 Å². The third-order valence-corrected chi connectivity index (χ3v) is 5.60. The Balaban J connectivity index is 1.95. The maximum absolute atomic E-state index is 13.5. The number of nitrogens with zero attached hydrogens (tertiary/aromatic N) is 1. The van der Waals surface area contributed by atoms with E-state index in [1.165, 1.54) is 0 Å². The van der Waals surface area contributed by atoms with E-state index in [4.69, 9.17) is 11.6 Å². The predicted molar refractivity (Wildman–Crippen MR) is 125 cm³/mol. The summed E-state index contributed by atoms with van der Waals surface area (Å²) in [7, 11) is 1.60. The van der Waals surface area contributed by atoms with Gasteiger partial charge in [0.05, 0.1) is 6.42 Å². The van der Waals surface area contributed by atoms with Crippen molar-refractivity contribution in [2.45, 2.75) is 32.4 Å². The highest BCUT2D eigenvalue weighted by Crippen LogP contribution is 2.19. The van der Waals surface area contributed by atoms with E-state index in [1.54, 1.807) is 24.1 Å². The van der Waals surface area contributed by atoms with Crippen molar-refractivity contribution in [3.8, 4) is 0 Å². The molecule has 3 aromatic carbocycles. The van der Waals surface area contributed by atoms with Gasteiger partial charge in [-0.1, -0.05) is 78.3 Å². The Hall–Kier alpha value is -3.11. The van der Waals surface area contributed by atoms with Gasteiger partial charge in [0.2, 0.25) is 11.8 Å². The van der Waals surface area contributed by atoms with Gasteiger partial charge in [-0.25, -0.2) is 0 Å². The number of hydrogen-bond acceptors (Lipinski definition) is 2. The highest BCUT2D eigenvalue weighted by atomic mass is 35.5. The fraction of sp³-hybridized carbons (Fsp3) is 0.231. The van der Waals surface area contributed by atoms with Crippen LogP contribution in [-0.2, 0) is 29.0 Å². The number of aryl methyl sites for hydroxylation is 1. The summed E-state index contributed by atoms with van der Waals surface area (Å²) in [6.07, 6.45) is 0.613. The highest BCUT2D eigenvalue weighted by Gasteiger charge is 2.30. The van der Waals surface area contributed by atoms with Crippen molar-refractivity contribution in [2.24, 2.45) is 0 Å². The van der Waals surface area contributed by atoms with Gasteiger partial charge in [-0.2, -0.15) is 0 Å². The van der Waals surface area contributed by atoms with E-state index in [0.29, 0.717) is 18.0 Å². The molecule has 31 heavy (non-hydrogen) atoms. The van der Waals surface area contributed by atoms with Crippen molar-refractivity contribution in [1.82, 2.24) is 10.2 Å². The molecule has 0 fully saturated rings. The van der Waals surface area contributed by atoms with Crippen LogP contribution in [0.4, 0.5) is 0 Å². The first-order valence-corrected chi connectivity index (χ1v) is 10.7. The van der Waals surface area contributed by atoms with Gasteiger partial charge in [-0.05, 0) is 41.3 Å². The standard InChI is InChI=1S/C26H27ClN2O2/c1-19-9-6-7-13-22(19)18-29(25(30)17-21-12-8-14-23(27)15-21)24(26(31)28-2)16-20-10-4-3-5-11-20/h3-15,24H,16-18H2,1-2H3,(H,28,31)/t24-/m1/s1. The van der Waals surface area contributed by atoms with Crippen LogP contribution in [0.15, 0.2) is 78.9 Å². The molecule has 0 aliphatic carbocycles. The van der Waals surface area contributed by atoms with Gasteiger partial charge in [-0.3, -0.25) is 9.59 Å². The van der Waals surface area contributed by atoms with Crippen molar-refractivity contribution in [3.05, 3.63) is 106 Å². The molecule has 2 amide bonds. The van der Waals surface area contributed by atoms with Gasteiger partial charge in [0.1, 0.15) is 6.04 Å². The molecule has 3 aromatic rings. The summed E-state index contributed by atoms with van der Waals surface area (Å²) in [6.45, 7) is 2.37. The molecule has 0 spiro atoms. The molecule has 0 unspecified atom stereocenters. The topological polar surface area (TPSA) is 49.4 Å². The first-order valence-electron chi connectivity index (χ1n) is 10.3. The smallest absolute Gasteiger partial charge is 0.242 e. The number of carbonyl (C=O) groups excluding carboxylic acids is 2. The molecule has 4 nitrogen and oxygen atoms in total. The van der Waals surface area contributed by atoms with Crippen LogP contribution in [-0.4, -0.2) is 29.8 Å². The van der Waals surface area contributed by atoms with Crippen LogP contribution in [0.5, 0.6) is 0 Å². The lowest BCUT2D eigenvalue weighted by Gasteiger charge is -2.31. The number of rotatable bonds is 8. The van der Waals surface area contributed by atoms with Crippen molar-refractivity contribution < 1.29 is 9.59 Å². The quantitative estimate of drug-likeness (QED) is 0.564. The molecule has 0 radical (unpaired) electrons. The second-order valence-corrected chi connectivity index (χ2v) is 8.01. The molecular formula is C26H27ClN2O2. The largest absolute Gasteiger partial charge is 0.357 e. The lowest BCUT2D eigenvalue weighted by molar-refractivity contribution is -0.140. The molecule has 1 atom stereocenters. The van der Waals surface area contributed by atoms with E-state index in [-0.39, 0.29) is 18.2 Å². The van der Waals surface area contributed by atoms with E-state index in [9.17, 15) is 9.59 Å². The van der Waals surface area contributed by atoms with Gasteiger partial charge in [0.25, 0.3) is 0 Å². The zero-order valence-corrected chi connectivity index (χ0v) is 18.6. The van der Waals surface area contributed by atoms with E-state index < -0.39 is 6.04 Å². The Morgan fingerprint density at radius 1 is 0.935 bits per heavy atom. The lowest BCUT2D eigenvalue weighted by Crippen LogP contribution is -2.50. The summed E-state index contributed by atoms with van der Waals surface area (Å²) in [5, 5.41) is 3.33. The summed E-state index contributed by atoms with van der Waals surface area (Å²) in [4.78, 5) is 28.1. The average Bonchev–Trinajstić information content (AvgIpc) is 2.77. The minimum Gasteiger partial charge on any atom is -0.357 e. The Kier molecular flexibility index (Phi) is 7.85. The van der Waals surface area contributed by atoms with E-state index in [0.717, 1.165) is 22.3 Å². The highest BCUT2D eigenvalue weighted by molar-refractivity contribution is 6.30. The minimum absolute atomic E-state index is 0.116. The van der Waals surface area contributed by atoms with Crippen LogP contribution in [0.2, 0.25) is 5.02 Å². The molecule has 0 aliphatic heterocycles. The van der Waals surface area contributed by atoms with Crippen molar-refractivity contribution >= 4 is 23.4 Å². The Morgan fingerprint density at radius 2 is 1.61 bits per heavy atom. The van der Waals surface area contributed by atoms with Crippen molar-refractivity contribution in [3.63, 3.8) is 0 Å². The summed E-state index contributed by atoms with van der Waals surface area (Å²) in [6, 6.07) is 24.4. The monoisotopic (exact) mass is 434 g/mol. The molecule has 0 bridgehead atoms. The molecule has 0 aromatic heterocycles. The Bertz CT molecular complexity index is 1040. The van der Waals surface area contributed by atoms with Crippen molar-refractivity contribution in [1.29, 1.82) is 0 Å². The number of halogens is 1. The fourth-order valence-corrected chi connectivity index (χ4v) is 3.83. The van der Waals surface area contributed by atoms with Crippen LogP contribution >= 0.6 is 11.6 Å². The number of hydrogen-bond donors (Lipinski definition) is 1. The second kappa shape index (κ2) is 10.8. The molecule has 1 N–H and O–H groups in total. The van der Waals surface area contributed by atoms with E-state index in [2.05, 4.69) is 5.32 Å². The van der Waals surface area contributed by atoms with E-state index >= 15 is 0 Å². The van der Waals surface area contributed by atoms with Gasteiger partial charge in [-0.15, -0.1) is 0 Å². The van der Waals surface area contributed by atoms with Gasteiger partial charge >= 0.3 is 0 Å². The minimum atomic E-state index is -0.626. The Morgan fingerprint density at radius 3 is 2.29 bits per heavy atom. The van der Waals surface area contributed by atoms with Crippen LogP contribution in [0.1, 0.15) is 22.3 Å². The third kappa shape index (κ3) is 6.19. The number of benzene rings is 3. The maximum atomic E-state index is 13.5. The zero-order chi connectivity index (χ0) is 22.2. The summed E-state index contributed by atoms with van der Waals surface area (Å²) in [5.74, 6) is -0.299. The Labute approximate surface area is 188 Å². The van der Waals surface area contributed by atoms with E-state index in [1.807, 2.05) is 73.7 Å². The normalized spacial score (nSPS) is 11.6. The number of nitrogens with one attached hydrogen (secondary N) is 1. The van der Waals surface area contributed by atoms with Crippen molar-refractivity contribution in [2.75, 3.05) is 7.05 Å². The molecule has 0 saturated heterocycles. The molecule has 0 heterocycles. The third-order valence-electron chi connectivity index (χ3n) is 5.36. The van der Waals surface area contributed by atoms with Gasteiger partial charge < -0.3 is 10.2 Å². The molecule has 0 saturated carbocycles.